The van der Waals surface area contributed by atoms with E-state index in [-0.39, 0.29) is 0 Å². The maximum absolute atomic E-state index is 4.81. The molecule has 0 spiro atoms. The summed E-state index contributed by atoms with van der Waals surface area (Å²) in [7, 11) is 4.20. The van der Waals surface area contributed by atoms with Gasteiger partial charge in [0.25, 0.3) is 0 Å². The third-order valence-electron chi connectivity index (χ3n) is 0. The Hall–Kier alpha value is 1.68. The Morgan fingerprint density at radius 3 is 1.00 bits per heavy atom. The van der Waals surface area contributed by atoms with E-state index in [9.17, 15) is 0 Å². The Morgan fingerprint density at radius 1 is 1.00 bits per heavy atom. The van der Waals surface area contributed by atoms with E-state index in [2.05, 4.69) is 25.2 Å². The van der Waals surface area contributed by atoms with E-state index in [1.165, 1.54) is 0 Å². The van der Waals surface area contributed by atoms with Gasteiger partial charge in [-0.05, 0) is 0 Å². The molecule has 0 unspecified atom stereocenters. The van der Waals surface area contributed by atoms with Crippen molar-refractivity contribution in [1.82, 2.24) is 0 Å². The topological polar surface area (TPSA) is 0 Å². The number of hydrogen-bond acceptors (Lipinski definition) is 0. The number of alkyl halides is 3. The molecule has 0 aliphatic heterocycles. The third kappa shape index (κ3) is 44.1. The van der Waals surface area contributed by atoms with Gasteiger partial charge in [0.1, 0.15) is 0 Å². The summed E-state index contributed by atoms with van der Waals surface area (Å²) in [5.74, 6) is 0. The first-order valence-electron chi connectivity index (χ1n) is 0.769. The summed E-state index contributed by atoms with van der Waals surface area (Å²) >= 11 is 18.1. The zero-order chi connectivity index (χ0) is 5.58. The molecule has 0 heterocycles. The van der Waals surface area contributed by atoms with Crippen LogP contribution in [0.5, 0.6) is 0 Å². The van der Waals surface area contributed by atoms with Crippen molar-refractivity contribution >= 4 is 44.9 Å². The van der Waals surface area contributed by atoms with E-state index in [0.717, 1.165) is 0 Å². The zero-order valence-corrected chi connectivity index (χ0v) is 6.36. The fraction of sp³-hybridized carbons (Fsp3) is 1.00. The summed E-state index contributed by atoms with van der Waals surface area (Å²) in [5, 5.41) is 0. The summed E-state index contributed by atoms with van der Waals surface area (Å²) in [6, 6.07) is 0. The standard InChI is InChI=1S/CHCl3.ClH.Cu/c2-1(3)4;;/h1H;1H;/q;;+1/p-1. The first kappa shape index (κ1) is 10.6. The first-order valence-corrected chi connectivity index (χ1v) is 3.37. The van der Waals surface area contributed by atoms with Gasteiger partial charge in [0.15, 0.2) is 4.30 Å². The molecule has 0 radical (unpaired) electrons. The average Bonchev–Trinajstić information content (AvgIpc) is 1.41. The van der Waals surface area contributed by atoms with Crippen LogP contribution in [0.2, 0.25) is 0 Å². The number of halogens is 4. The van der Waals surface area contributed by atoms with Gasteiger partial charge in [0.2, 0.25) is 0 Å². The maximum atomic E-state index is 4.81. The minimum absolute atomic E-state index is 0.750. The molecule has 0 saturated heterocycles. The van der Waals surface area contributed by atoms with E-state index < -0.39 is 4.30 Å². The predicted molar refractivity (Wildman–Crippen MR) is 27.2 cm³/mol. The van der Waals surface area contributed by atoms with Gasteiger partial charge in [-0.2, -0.15) is 0 Å². The molecule has 0 bridgehead atoms. The third-order valence-corrected chi connectivity index (χ3v) is 0. The molecule has 0 aromatic rings. The molecule has 0 aromatic carbocycles. The van der Waals surface area contributed by atoms with Gasteiger partial charge >= 0.3 is 25.2 Å². The van der Waals surface area contributed by atoms with Gasteiger partial charge in [0, 0.05) is 0 Å². The van der Waals surface area contributed by atoms with Crippen LogP contribution < -0.4 is 0 Å². The Labute approximate surface area is 64.1 Å². The van der Waals surface area contributed by atoms with Crippen LogP contribution in [-0.4, -0.2) is 4.30 Å². The second-order valence-corrected chi connectivity index (χ2v) is 2.23. The molecule has 44 valence electrons. The minimum atomic E-state index is -0.750. The molecule has 0 amide bonds. The predicted octanol–water partition coefficient (Wildman–Crippen LogP) is 2.67. The molecule has 6 heavy (non-hydrogen) atoms. The Kier molecular flexibility index (Phi) is 17.4. The molecule has 0 atom stereocenters. The zero-order valence-electron chi connectivity index (χ0n) is 2.39. The van der Waals surface area contributed by atoms with Crippen LogP contribution in [-0.2, 0) is 15.1 Å². The summed E-state index contributed by atoms with van der Waals surface area (Å²) < 4.78 is -0.750. The molecule has 0 aliphatic carbocycles. The normalized spacial score (nSPS) is 7.17. The van der Waals surface area contributed by atoms with Crippen molar-refractivity contribution in [2.45, 2.75) is 4.30 Å². The molecule has 0 saturated carbocycles. The van der Waals surface area contributed by atoms with E-state index in [1.54, 1.807) is 0 Å². The van der Waals surface area contributed by atoms with Crippen molar-refractivity contribution in [3.63, 3.8) is 0 Å². The molecule has 0 fully saturated rings. The van der Waals surface area contributed by atoms with Crippen molar-refractivity contribution in [2.24, 2.45) is 0 Å². The summed E-state index contributed by atoms with van der Waals surface area (Å²) in [5.41, 5.74) is 0. The fourth-order valence-corrected chi connectivity index (χ4v) is 0. The van der Waals surface area contributed by atoms with Crippen LogP contribution >= 0.6 is 44.9 Å². The van der Waals surface area contributed by atoms with Crippen molar-refractivity contribution in [3.8, 4) is 0 Å². The molecule has 5 heteroatoms. The fourth-order valence-electron chi connectivity index (χ4n) is 0. The van der Waals surface area contributed by atoms with Crippen molar-refractivity contribution in [2.75, 3.05) is 0 Å². The Balaban J connectivity index is 0. The van der Waals surface area contributed by atoms with Crippen molar-refractivity contribution in [1.29, 1.82) is 0 Å². The first-order chi connectivity index (χ1) is 2.73. The second-order valence-electron chi connectivity index (χ2n) is 0.247. The average molecular weight is 218 g/mol. The van der Waals surface area contributed by atoms with E-state index >= 15 is 0 Å². The Bertz CT molecular complexity index is 12.3. The SMILES string of the molecule is ClC(Cl)Cl.[Cl][Cu]. The molecule has 0 aromatic heterocycles. The van der Waals surface area contributed by atoms with E-state index in [0.29, 0.717) is 0 Å². The quantitative estimate of drug-likeness (QED) is 0.433. The van der Waals surface area contributed by atoms with Crippen molar-refractivity contribution in [3.05, 3.63) is 0 Å². The molecule has 0 N–H and O–H groups in total. The van der Waals surface area contributed by atoms with Crippen LogP contribution in [0.4, 0.5) is 0 Å². The molecule has 0 nitrogen and oxygen atoms in total. The number of rotatable bonds is 0. The van der Waals surface area contributed by atoms with Gasteiger partial charge in [-0.15, -0.1) is 0 Å². The summed E-state index contributed by atoms with van der Waals surface area (Å²) in [6.07, 6.45) is 0. The monoisotopic (exact) mass is 216 g/mol. The molecular formula is CHCl4Cu. The van der Waals surface area contributed by atoms with Gasteiger partial charge in [-0.1, -0.05) is 34.8 Å². The van der Waals surface area contributed by atoms with Crippen LogP contribution in [0.1, 0.15) is 0 Å². The summed E-state index contributed by atoms with van der Waals surface area (Å²) in [6.45, 7) is 0. The number of hydrogen-bond donors (Lipinski definition) is 0. The van der Waals surface area contributed by atoms with Crippen LogP contribution in [0.15, 0.2) is 0 Å². The van der Waals surface area contributed by atoms with Crippen LogP contribution in [0.25, 0.3) is 0 Å². The van der Waals surface area contributed by atoms with E-state index in [1.807, 2.05) is 0 Å². The van der Waals surface area contributed by atoms with Gasteiger partial charge < -0.3 is 0 Å². The Morgan fingerprint density at radius 2 is 1.00 bits per heavy atom. The molecular weight excluding hydrogens is 217 g/mol. The molecule has 0 rings (SSSR count). The van der Waals surface area contributed by atoms with Crippen LogP contribution in [0.3, 0.4) is 0 Å². The van der Waals surface area contributed by atoms with Crippen LogP contribution in [0, 0.1) is 0 Å². The van der Waals surface area contributed by atoms with E-state index in [4.69, 9.17) is 34.8 Å². The van der Waals surface area contributed by atoms with Gasteiger partial charge in [-0.25, -0.2) is 0 Å². The van der Waals surface area contributed by atoms with Crippen molar-refractivity contribution < 1.29 is 15.1 Å². The molecule has 0 aliphatic rings. The summed E-state index contributed by atoms with van der Waals surface area (Å²) in [4.78, 5) is 0. The van der Waals surface area contributed by atoms with Gasteiger partial charge in [-0.3, -0.25) is 0 Å². The second kappa shape index (κ2) is 9.84. The van der Waals surface area contributed by atoms with Gasteiger partial charge in [0.05, 0.1) is 0 Å².